The first-order valence-corrected chi connectivity index (χ1v) is 23.4. The molecule has 7 rings (SSSR count). The Labute approximate surface area is 355 Å². The van der Waals surface area contributed by atoms with Gasteiger partial charge in [0.1, 0.15) is 29.4 Å². The van der Waals surface area contributed by atoms with Gasteiger partial charge in [0, 0.05) is 43.4 Å². The molecule has 5 amide bonds. The molecule has 4 aliphatic carbocycles. The van der Waals surface area contributed by atoms with Crippen LogP contribution in [0.15, 0.2) is 30.9 Å². The zero-order valence-corrected chi connectivity index (χ0v) is 37.4. The monoisotopic (exact) mass is 850 g/mol. The number of carbonyl (C=O) groups is 5. The Morgan fingerprint density at radius 2 is 1.60 bits per heavy atom. The van der Waals surface area contributed by atoms with Crippen LogP contribution in [-0.4, -0.2) is 100 Å². The van der Waals surface area contributed by atoms with E-state index in [1.807, 2.05) is 20.8 Å². The zero-order valence-electron chi connectivity index (χ0n) is 36.6. The Bertz CT molecular complexity index is 2070. The number of amides is 5. The molecule has 6 fully saturated rings. The van der Waals surface area contributed by atoms with E-state index in [2.05, 4.69) is 52.8 Å². The minimum absolute atomic E-state index is 0.0490. The molecule has 330 valence electrons. The van der Waals surface area contributed by atoms with Crippen LogP contribution < -0.4 is 20.7 Å². The summed E-state index contributed by atoms with van der Waals surface area (Å²) in [6.07, 6.45) is 10.8. The van der Waals surface area contributed by atoms with E-state index >= 15 is 4.79 Å². The van der Waals surface area contributed by atoms with Gasteiger partial charge in [0.25, 0.3) is 11.8 Å². The fourth-order valence-corrected chi connectivity index (χ4v) is 12.8. The third-order valence-electron chi connectivity index (χ3n) is 15.7. The highest BCUT2D eigenvalue weighted by Crippen LogP contribution is 2.88. The molecule has 0 bridgehead atoms. The normalized spacial score (nSPS) is 29.3. The average Bonchev–Trinajstić information content (AvgIpc) is 3.56. The van der Waals surface area contributed by atoms with E-state index < -0.39 is 69.3 Å². The zero-order chi connectivity index (χ0) is 43.8. The predicted octanol–water partition coefficient (Wildman–Crippen LogP) is 3.77. The van der Waals surface area contributed by atoms with E-state index in [1.165, 1.54) is 8.99 Å². The molecule has 0 aromatic carbocycles. The van der Waals surface area contributed by atoms with Gasteiger partial charge in [-0.1, -0.05) is 73.0 Å². The Morgan fingerprint density at radius 1 is 0.950 bits per heavy atom. The van der Waals surface area contributed by atoms with Crippen molar-refractivity contribution in [2.24, 2.45) is 35.1 Å². The molecule has 6 atom stereocenters. The molecular formula is C44H66N8O7S. The highest BCUT2D eigenvalue weighted by molar-refractivity contribution is 7.87. The summed E-state index contributed by atoms with van der Waals surface area (Å²) in [4.78, 5) is 73.5. The van der Waals surface area contributed by atoms with E-state index in [1.54, 1.807) is 31.0 Å². The number of rotatable bonds is 13. The van der Waals surface area contributed by atoms with Crippen molar-refractivity contribution in [3.63, 3.8) is 0 Å². The van der Waals surface area contributed by atoms with Gasteiger partial charge in [0.2, 0.25) is 17.7 Å². The molecule has 1 aromatic heterocycles. The Hall–Kier alpha value is -4.05. The van der Waals surface area contributed by atoms with E-state index in [9.17, 15) is 27.6 Å². The topological polar surface area (TPSA) is 192 Å². The molecular weight excluding hydrogens is 785 g/mol. The number of hydrogen-bond donors (Lipinski definition) is 4. The lowest BCUT2D eigenvalue weighted by Gasteiger charge is -2.34. The van der Waals surface area contributed by atoms with Crippen LogP contribution in [0.4, 0.5) is 0 Å². The summed E-state index contributed by atoms with van der Waals surface area (Å²) < 4.78 is 31.3. The molecule has 2 saturated heterocycles. The second-order valence-corrected chi connectivity index (χ2v) is 22.0. The lowest BCUT2D eigenvalue weighted by molar-refractivity contribution is -0.142. The van der Waals surface area contributed by atoms with Crippen molar-refractivity contribution in [1.82, 2.24) is 39.7 Å². The van der Waals surface area contributed by atoms with E-state index in [-0.39, 0.29) is 40.5 Å². The van der Waals surface area contributed by atoms with Gasteiger partial charge in [0.15, 0.2) is 0 Å². The molecule has 60 heavy (non-hydrogen) atoms. The molecule has 3 heterocycles. The largest absolute Gasteiger partial charge is 0.339 e. The summed E-state index contributed by atoms with van der Waals surface area (Å²) in [7, 11) is -2.42. The van der Waals surface area contributed by atoms with Gasteiger partial charge >= 0.3 is 10.2 Å². The second-order valence-electron chi connectivity index (χ2n) is 20.3. The standard InChI is InChI=1S/C44H66N8O7S/c1-10-29-24-44(29,39(57)49-60(58,59)51-21-14-15-22-51)47-36(54)31-25-43(41(7,8)42(43)19-16-20-42)26-52(31)38(56)33(27(2)3)45-37(55)34(28-17-12-11-13-18-28)46-35(53)30-23-32(40(4,5)6)48-50(30)9/h10,23,28-29,31,33-34H,1-2,11-22,24-26H2,3-9H3,(H,45,55)(H,46,53)(H,47,54)(H,49,57)/t29-,31+,33+,34+,43-,44-/m1/s1. The molecule has 16 heteroatoms. The van der Waals surface area contributed by atoms with Gasteiger partial charge in [-0.2, -0.15) is 17.8 Å². The van der Waals surface area contributed by atoms with E-state index in [4.69, 9.17) is 0 Å². The number of aromatic nitrogens is 2. The van der Waals surface area contributed by atoms with Crippen molar-refractivity contribution in [2.45, 2.75) is 148 Å². The van der Waals surface area contributed by atoms with Crippen LogP contribution in [0.3, 0.4) is 0 Å². The molecule has 2 spiro atoms. The quantitative estimate of drug-likeness (QED) is 0.216. The summed E-state index contributed by atoms with van der Waals surface area (Å²) >= 11 is 0. The van der Waals surface area contributed by atoms with E-state index in [0.29, 0.717) is 43.6 Å². The summed E-state index contributed by atoms with van der Waals surface area (Å²) in [5.41, 5.74) is -1.00. The summed E-state index contributed by atoms with van der Waals surface area (Å²) in [6, 6.07) is -1.41. The lowest BCUT2D eigenvalue weighted by atomic mass is 9.73. The minimum atomic E-state index is -4.12. The molecule has 4 saturated carbocycles. The molecule has 0 radical (unpaired) electrons. The fraction of sp³-hybridized carbons (Fsp3) is 0.727. The summed E-state index contributed by atoms with van der Waals surface area (Å²) in [6.45, 7) is 21.0. The van der Waals surface area contributed by atoms with Crippen molar-refractivity contribution in [3.05, 3.63) is 42.3 Å². The maximum atomic E-state index is 15.0. The van der Waals surface area contributed by atoms with Gasteiger partial charge < -0.3 is 20.9 Å². The van der Waals surface area contributed by atoms with Gasteiger partial charge in [-0.3, -0.25) is 28.7 Å². The maximum Gasteiger partial charge on any atom is 0.303 e. The van der Waals surface area contributed by atoms with Crippen LogP contribution in [0.2, 0.25) is 0 Å². The van der Waals surface area contributed by atoms with Gasteiger partial charge in [-0.25, -0.2) is 4.72 Å². The highest BCUT2D eigenvalue weighted by Gasteiger charge is 2.85. The third-order valence-corrected chi connectivity index (χ3v) is 17.2. The van der Waals surface area contributed by atoms with Crippen LogP contribution in [-0.2, 0) is 41.9 Å². The van der Waals surface area contributed by atoms with Gasteiger partial charge in [0.05, 0.1) is 5.69 Å². The molecule has 6 aliphatic rings. The molecule has 1 aromatic rings. The number of nitrogens with one attached hydrogen (secondary N) is 4. The first kappa shape index (κ1) is 44.0. The number of carbonyl (C=O) groups excluding carboxylic acids is 5. The first-order chi connectivity index (χ1) is 28.1. The molecule has 4 N–H and O–H groups in total. The number of likely N-dealkylation sites (tertiary alicyclic amines) is 1. The first-order valence-electron chi connectivity index (χ1n) is 21.9. The third kappa shape index (κ3) is 7.20. The second kappa shape index (κ2) is 15.4. The van der Waals surface area contributed by atoms with Crippen LogP contribution >= 0.6 is 0 Å². The minimum Gasteiger partial charge on any atom is -0.339 e. The fourth-order valence-electron chi connectivity index (χ4n) is 11.5. The average molecular weight is 851 g/mol. The number of aryl methyl sites for hydroxylation is 1. The predicted molar refractivity (Wildman–Crippen MR) is 226 cm³/mol. The van der Waals surface area contributed by atoms with E-state index in [0.717, 1.165) is 57.1 Å². The van der Waals surface area contributed by atoms with Crippen molar-refractivity contribution in [2.75, 3.05) is 19.6 Å². The molecule has 2 aliphatic heterocycles. The van der Waals surface area contributed by atoms with Crippen LogP contribution in [0.25, 0.3) is 0 Å². The Kier molecular flexibility index (Phi) is 11.3. The Balaban J connectivity index is 1.14. The lowest BCUT2D eigenvalue weighted by Crippen LogP contribution is -2.60. The van der Waals surface area contributed by atoms with Crippen LogP contribution in [0.5, 0.6) is 0 Å². The van der Waals surface area contributed by atoms with Gasteiger partial charge in [-0.15, -0.1) is 6.58 Å². The Morgan fingerprint density at radius 3 is 2.12 bits per heavy atom. The number of nitrogens with zero attached hydrogens (tertiary/aromatic N) is 4. The highest BCUT2D eigenvalue weighted by atomic mass is 32.2. The number of hydrogen-bond acceptors (Lipinski definition) is 8. The maximum absolute atomic E-state index is 15.0. The van der Waals surface area contributed by atoms with Crippen LogP contribution in [0, 0.1) is 28.1 Å². The van der Waals surface area contributed by atoms with Crippen molar-refractivity contribution >= 4 is 39.7 Å². The summed E-state index contributed by atoms with van der Waals surface area (Å²) in [5, 5.41) is 13.5. The smallest absolute Gasteiger partial charge is 0.303 e. The van der Waals surface area contributed by atoms with Crippen molar-refractivity contribution in [1.29, 1.82) is 0 Å². The SMILES string of the molecule is C=C[C@@H]1C[C@]1(NC(=O)[C@@H]1C[C@@]2(CN1C(=O)[C@@H](NC(=O)[C@@H](NC(=O)c1cc(C(C)(C)C)nn1C)C1CCCCC1)C(=C)C)C(C)(C)C21CCC1)C(=O)NS(=O)(=O)N1CCCC1. The number of fused-ring (bicyclic) bond motifs is 1. The molecule has 0 unspecified atom stereocenters. The van der Waals surface area contributed by atoms with Crippen LogP contribution in [0.1, 0.15) is 135 Å². The molecule has 15 nitrogen and oxygen atoms in total. The van der Waals surface area contributed by atoms with Gasteiger partial charge in [-0.05, 0) is 86.7 Å². The van der Waals surface area contributed by atoms with Crippen molar-refractivity contribution < 1.29 is 32.4 Å². The summed E-state index contributed by atoms with van der Waals surface area (Å²) in [5.74, 6) is -3.49. The van der Waals surface area contributed by atoms with Crippen molar-refractivity contribution in [3.8, 4) is 0 Å².